The number of fused-ring (bicyclic) bond motifs is 1. The van der Waals surface area contributed by atoms with E-state index in [-0.39, 0.29) is 42.9 Å². The molecule has 0 aliphatic heterocycles. The Balaban J connectivity index is 1.54. The molecule has 2 aliphatic carbocycles. The smallest absolute Gasteiger partial charge is 0.332 e. The molecule has 0 spiro atoms. The van der Waals surface area contributed by atoms with Gasteiger partial charge in [0.25, 0.3) is 5.56 Å². The van der Waals surface area contributed by atoms with Crippen LogP contribution in [0.5, 0.6) is 0 Å². The molecular formula is C32H39FN4O5. The van der Waals surface area contributed by atoms with E-state index in [4.69, 9.17) is 4.74 Å². The number of nitrogens with one attached hydrogen (secondary N) is 1. The summed E-state index contributed by atoms with van der Waals surface area (Å²) in [5.41, 5.74) is 0.130. The molecule has 5 rings (SSSR count). The lowest BCUT2D eigenvalue weighted by molar-refractivity contribution is -0.149. The van der Waals surface area contributed by atoms with Crippen LogP contribution in [-0.2, 0) is 27.4 Å². The van der Waals surface area contributed by atoms with Crippen LogP contribution >= 0.6 is 0 Å². The highest BCUT2D eigenvalue weighted by Gasteiger charge is 2.27. The third-order valence-corrected chi connectivity index (χ3v) is 8.40. The maximum Gasteiger partial charge on any atom is 0.332 e. The van der Waals surface area contributed by atoms with Crippen LogP contribution in [0.3, 0.4) is 0 Å². The van der Waals surface area contributed by atoms with Gasteiger partial charge < -0.3 is 15.0 Å². The van der Waals surface area contributed by atoms with Gasteiger partial charge in [0.05, 0.1) is 23.2 Å². The van der Waals surface area contributed by atoms with Gasteiger partial charge in [-0.05, 0) is 50.3 Å². The van der Waals surface area contributed by atoms with Crippen molar-refractivity contribution < 1.29 is 18.7 Å². The molecule has 0 bridgehead atoms. The number of aromatic nitrogens is 2. The average molecular weight is 579 g/mol. The van der Waals surface area contributed by atoms with Crippen LogP contribution in [0, 0.1) is 5.82 Å². The fourth-order valence-corrected chi connectivity index (χ4v) is 6.26. The highest BCUT2D eigenvalue weighted by atomic mass is 19.1. The lowest BCUT2D eigenvalue weighted by atomic mass is 9.95. The van der Waals surface area contributed by atoms with Crippen LogP contribution in [0.2, 0.25) is 0 Å². The second kappa shape index (κ2) is 13.4. The molecule has 3 aromatic rings. The average Bonchev–Trinajstić information content (AvgIpc) is 3.52. The van der Waals surface area contributed by atoms with Gasteiger partial charge in [-0.1, -0.05) is 62.4 Å². The number of benzene rings is 2. The zero-order valence-corrected chi connectivity index (χ0v) is 24.1. The van der Waals surface area contributed by atoms with Crippen molar-refractivity contribution in [3.05, 3.63) is 74.7 Å². The SMILES string of the molecule is CCOC(=O)CN(Cc1ccccc1)C(=O)Cn1c(=O)c2cc(F)c(NC3CCCCC3)cc2n(C2CCCC2)c1=O. The number of rotatable bonds is 10. The molecule has 0 radical (unpaired) electrons. The Morgan fingerprint density at radius 2 is 1.69 bits per heavy atom. The Hall–Kier alpha value is -3.95. The summed E-state index contributed by atoms with van der Waals surface area (Å²) in [4.78, 5) is 54.9. The normalized spacial score (nSPS) is 16.0. The van der Waals surface area contributed by atoms with Crippen LogP contribution in [-0.4, -0.2) is 45.1 Å². The molecule has 10 heteroatoms. The zero-order valence-electron chi connectivity index (χ0n) is 24.1. The van der Waals surface area contributed by atoms with E-state index in [2.05, 4.69) is 5.32 Å². The number of hydrogen-bond acceptors (Lipinski definition) is 6. The molecule has 1 aromatic heterocycles. The lowest BCUT2D eigenvalue weighted by Gasteiger charge is -2.25. The summed E-state index contributed by atoms with van der Waals surface area (Å²) < 4.78 is 23.0. The van der Waals surface area contributed by atoms with E-state index >= 15 is 4.39 Å². The van der Waals surface area contributed by atoms with Crippen molar-refractivity contribution in [3.8, 4) is 0 Å². The third-order valence-electron chi connectivity index (χ3n) is 8.40. The van der Waals surface area contributed by atoms with Crippen LogP contribution in [0.1, 0.15) is 76.3 Å². The first kappa shape index (κ1) is 29.5. The Kier molecular flexibility index (Phi) is 9.39. The predicted molar refractivity (Wildman–Crippen MR) is 159 cm³/mol. The summed E-state index contributed by atoms with van der Waals surface area (Å²) in [6.45, 7) is 1.03. The van der Waals surface area contributed by atoms with Crippen LogP contribution < -0.4 is 16.6 Å². The number of carbonyl (C=O) groups excluding carboxylic acids is 2. The largest absolute Gasteiger partial charge is 0.465 e. The molecular weight excluding hydrogens is 539 g/mol. The number of anilines is 1. The highest BCUT2D eigenvalue weighted by Crippen LogP contribution is 2.32. The summed E-state index contributed by atoms with van der Waals surface area (Å²) in [5, 5.41) is 3.36. The molecule has 1 amide bonds. The van der Waals surface area contributed by atoms with Gasteiger partial charge in [0, 0.05) is 18.6 Å². The molecule has 0 atom stereocenters. The predicted octanol–water partition coefficient (Wildman–Crippen LogP) is 4.75. The van der Waals surface area contributed by atoms with E-state index < -0.39 is 35.5 Å². The van der Waals surface area contributed by atoms with Gasteiger partial charge >= 0.3 is 11.7 Å². The quantitative estimate of drug-likeness (QED) is 0.348. The summed E-state index contributed by atoms with van der Waals surface area (Å²) in [5.74, 6) is -1.73. The lowest BCUT2D eigenvalue weighted by Crippen LogP contribution is -2.46. The van der Waals surface area contributed by atoms with E-state index in [1.807, 2.05) is 30.3 Å². The molecule has 0 saturated heterocycles. The summed E-state index contributed by atoms with van der Waals surface area (Å²) in [7, 11) is 0. The number of esters is 1. The van der Waals surface area contributed by atoms with E-state index in [0.717, 1.165) is 61.5 Å². The van der Waals surface area contributed by atoms with E-state index in [0.29, 0.717) is 5.52 Å². The molecule has 0 unspecified atom stereocenters. The summed E-state index contributed by atoms with van der Waals surface area (Å²) in [6.07, 6.45) is 8.61. The van der Waals surface area contributed by atoms with Crippen molar-refractivity contribution in [3.63, 3.8) is 0 Å². The third kappa shape index (κ3) is 6.58. The maximum absolute atomic E-state index is 15.4. The fraction of sp³-hybridized carbons (Fsp3) is 0.500. The van der Waals surface area contributed by atoms with Gasteiger partial charge in [-0.3, -0.25) is 23.5 Å². The number of halogens is 1. The molecule has 224 valence electrons. The maximum atomic E-state index is 15.4. The number of ether oxygens (including phenoxy) is 1. The molecule has 2 aliphatic rings. The van der Waals surface area contributed by atoms with Gasteiger partial charge in [-0.25, -0.2) is 9.18 Å². The minimum atomic E-state index is -0.725. The van der Waals surface area contributed by atoms with Crippen molar-refractivity contribution >= 4 is 28.5 Å². The molecule has 1 heterocycles. The number of carbonyl (C=O) groups is 2. The van der Waals surface area contributed by atoms with Crippen LogP contribution in [0.15, 0.2) is 52.1 Å². The standard InChI is InChI=1S/C32H39FN4O5/c1-2-42-30(39)21-35(19-22-11-5-3-6-12-22)29(38)20-36-31(40)25-17-26(33)27(34-23-13-7-4-8-14-23)18-28(25)37(32(36)41)24-15-9-10-16-24/h3,5-6,11-12,17-18,23-24,34H,2,4,7-10,13-16,19-21H2,1H3. The molecule has 2 saturated carbocycles. The Morgan fingerprint density at radius 1 is 1.00 bits per heavy atom. The fourth-order valence-electron chi connectivity index (χ4n) is 6.26. The Labute approximate surface area is 244 Å². The van der Waals surface area contributed by atoms with Crippen molar-refractivity contribution in [1.29, 1.82) is 0 Å². The van der Waals surface area contributed by atoms with E-state index in [1.165, 1.54) is 17.4 Å². The topological polar surface area (TPSA) is 103 Å². The summed E-state index contributed by atoms with van der Waals surface area (Å²) >= 11 is 0. The van der Waals surface area contributed by atoms with Crippen LogP contribution in [0.25, 0.3) is 10.9 Å². The summed E-state index contributed by atoms with van der Waals surface area (Å²) in [6, 6.07) is 11.9. The molecule has 42 heavy (non-hydrogen) atoms. The van der Waals surface area contributed by atoms with Crippen LogP contribution in [0.4, 0.5) is 10.1 Å². The number of nitrogens with zero attached hydrogens (tertiary/aromatic N) is 3. The second-order valence-corrected chi connectivity index (χ2v) is 11.4. The van der Waals surface area contributed by atoms with Gasteiger partial charge in [0.2, 0.25) is 5.91 Å². The van der Waals surface area contributed by atoms with Crippen molar-refractivity contribution in [2.45, 2.75) is 89.9 Å². The highest BCUT2D eigenvalue weighted by molar-refractivity contribution is 5.84. The minimum absolute atomic E-state index is 0.0565. The second-order valence-electron chi connectivity index (χ2n) is 11.4. The first-order valence-corrected chi connectivity index (χ1v) is 15.1. The number of amides is 1. The minimum Gasteiger partial charge on any atom is -0.465 e. The van der Waals surface area contributed by atoms with Crippen molar-refractivity contribution in [1.82, 2.24) is 14.0 Å². The monoisotopic (exact) mass is 578 g/mol. The number of hydrogen-bond donors (Lipinski definition) is 1. The van der Waals surface area contributed by atoms with Gasteiger partial charge in [-0.2, -0.15) is 0 Å². The first-order chi connectivity index (χ1) is 20.4. The van der Waals surface area contributed by atoms with Gasteiger partial charge in [-0.15, -0.1) is 0 Å². The molecule has 2 fully saturated rings. The Morgan fingerprint density at radius 3 is 2.38 bits per heavy atom. The zero-order chi connectivity index (χ0) is 29.6. The van der Waals surface area contributed by atoms with Gasteiger partial charge in [0.1, 0.15) is 18.9 Å². The molecule has 9 nitrogen and oxygen atoms in total. The van der Waals surface area contributed by atoms with E-state index in [1.54, 1.807) is 17.6 Å². The first-order valence-electron chi connectivity index (χ1n) is 15.1. The van der Waals surface area contributed by atoms with E-state index in [9.17, 15) is 19.2 Å². The molecule has 1 N–H and O–H groups in total. The van der Waals surface area contributed by atoms with Crippen molar-refractivity contribution in [2.24, 2.45) is 0 Å². The van der Waals surface area contributed by atoms with Gasteiger partial charge in [0.15, 0.2) is 0 Å². The Bertz CT molecular complexity index is 1540. The van der Waals surface area contributed by atoms with Crippen molar-refractivity contribution in [2.75, 3.05) is 18.5 Å². The molecule has 2 aromatic carbocycles.